The zero-order valence-corrected chi connectivity index (χ0v) is 40.4. The number of nitrogens with one attached hydrogen (secondary N) is 1. The Morgan fingerprint density at radius 2 is 1.18 bits per heavy atom. The van der Waals surface area contributed by atoms with E-state index in [0.29, 0.717) is 69.9 Å². The van der Waals surface area contributed by atoms with Crippen LogP contribution in [-0.2, 0) is 41.8 Å². The highest BCUT2D eigenvalue weighted by Gasteiger charge is 2.21. The number of hydrogen-bond acceptors (Lipinski definition) is 15. The molecule has 2 saturated heterocycles. The van der Waals surface area contributed by atoms with Crippen molar-refractivity contribution in [2.45, 2.75) is 34.0 Å². The van der Waals surface area contributed by atoms with Crippen LogP contribution < -0.4 is 15.1 Å². The molecule has 18 heteroatoms. The van der Waals surface area contributed by atoms with E-state index in [0.717, 1.165) is 63.7 Å². The number of ether oxygens (including phenoxy) is 4. The van der Waals surface area contributed by atoms with E-state index in [1.54, 1.807) is 56.6 Å². The number of hydrogen-bond donors (Lipinski definition) is 3. The van der Waals surface area contributed by atoms with Gasteiger partial charge in [-0.2, -0.15) is 9.97 Å². The molecule has 0 radical (unpaired) electrons. The molecule has 0 bridgehead atoms. The van der Waals surface area contributed by atoms with Crippen LogP contribution in [0.4, 0.5) is 32.1 Å². The van der Waals surface area contributed by atoms with Gasteiger partial charge in [-0.15, -0.1) is 0 Å². The molecule has 4 heterocycles. The number of esters is 2. The molecule has 2 fully saturated rings. The summed E-state index contributed by atoms with van der Waals surface area (Å²) in [6.45, 7) is 10.8. The lowest BCUT2D eigenvalue weighted by Gasteiger charge is -2.29. The second kappa shape index (κ2) is 27.3. The van der Waals surface area contributed by atoms with Crippen molar-refractivity contribution in [2.75, 3.05) is 80.9 Å². The molecule has 3 N–H and O–H groups in total. The highest BCUT2D eigenvalue weighted by atomic mass is 35.5. The smallest absolute Gasteiger partial charge is 0.330 e. The van der Waals surface area contributed by atoms with Crippen LogP contribution in [0.25, 0.3) is 34.4 Å². The molecule has 71 heavy (non-hydrogen) atoms. The lowest BCUT2D eigenvalue weighted by Crippen LogP contribution is -2.37. The molecule has 6 aromatic rings. The number of anilines is 4. The first-order valence-electron chi connectivity index (χ1n) is 23.0. The lowest BCUT2D eigenvalue weighted by molar-refractivity contribution is -0.138. The highest BCUT2D eigenvalue weighted by Crippen LogP contribution is 2.33. The summed E-state index contributed by atoms with van der Waals surface area (Å²) in [6.07, 6.45) is 9.73. The van der Waals surface area contributed by atoms with Crippen molar-refractivity contribution in [1.82, 2.24) is 19.9 Å². The quantitative estimate of drug-likeness (QED) is 0.0535. The minimum Gasteiger partial charge on any atom is -0.463 e. The summed E-state index contributed by atoms with van der Waals surface area (Å²) in [5.74, 6) is 0.316. The fourth-order valence-electron chi connectivity index (χ4n) is 7.28. The van der Waals surface area contributed by atoms with E-state index in [9.17, 15) is 23.5 Å². The van der Waals surface area contributed by atoms with Gasteiger partial charge < -0.3 is 44.3 Å². The van der Waals surface area contributed by atoms with E-state index in [1.165, 1.54) is 30.4 Å². The summed E-state index contributed by atoms with van der Waals surface area (Å²) in [7, 11) is 0. The van der Waals surface area contributed by atoms with Crippen molar-refractivity contribution >= 4 is 59.0 Å². The van der Waals surface area contributed by atoms with Crippen molar-refractivity contribution < 1.29 is 47.5 Å². The second-order valence-electron chi connectivity index (χ2n) is 15.8. The van der Waals surface area contributed by atoms with Crippen LogP contribution in [0.1, 0.15) is 41.7 Å². The molecule has 0 atom stereocenters. The fraction of sp³-hybridized carbons (Fsp3) is 0.283. The number of carbonyl (C=O) groups is 2. The number of rotatable bonds is 14. The third-order valence-corrected chi connectivity index (χ3v) is 10.9. The summed E-state index contributed by atoms with van der Waals surface area (Å²) in [5.41, 5.74) is 7.39. The topological polar surface area (TPSA) is 182 Å². The summed E-state index contributed by atoms with van der Waals surface area (Å²) >= 11 is 6.03. The van der Waals surface area contributed by atoms with Crippen molar-refractivity contribution in [3.8, 4) is 22.3 Å². The summed E-state index contributed by atoms with van der Waals surface area (Å²) < 4.78 is 47.2. The Hall–Kier alpha value is -7.15. The van der Waals surface area contributed by atoms with Gasteiger partial charge in [0.1, 0.15) is 23.3 Å². The Bertz CT molecular complexity index is 2790. The standard InChI is InChI=1S/C26H27FN4O4.C19H20ClN3O3.C8H9FO/c1-2-35-24(33)9-6-18-4-3-5-19(14-18)22-16-28-26(30-25(22)31-10-12-34-13-11-31)29-21-7-8-23(27)20(15-21)17-32;1-2-26-17(24)7-6-14-4-3-5-15(12-14)16-13-21-19(20)22-18(16)23-8-10-25-11-9-23;1-6-2-3-8(9)7(4-6)5-10/h3-9,14-16,32H,2,10-13,17H2,1H3,(H,28,29,30);3-7,12-13H,2,8-11H2,1H3;2-4,10H,5H2,1H3/b9-6+;7-6+;. The van der Waals surface area contributed by atoms with E-state index >= 15 is 0 Å². The first kappa shape index (κ1) is 53.2. The summed E-state index contributed by atoms with van der Waals surface area (Å²) in [6, 6.07) is 24.6. The van der Waals surface area contributed by atoms with Crippen LogP contribution in [0.3, 0.4) is 0 Å². The fourth-order valence-corrected chi connectivity index (χ4v) is 7.41. The maximum absolute atomic E-state index is 13.8. The van der Waals surface area contributed by atoms with Gasteiger partial charge in [0, 0.05) is 78.7 Å². The van der Waals surface area contributed by atoms with E-state index in [-0.39, 0.29) is 29.2 Å². The normalized spacial score (nSPS) is 13.5. The second-order valence-corrected chi connectivity index (χ2v) is 16.1. The van der Waals surface area contributed by atoms with Gasteiger partial charge in [-0.1, -0.05) is 54.1 Å². The first-order valence-corrected chi connectivity index (χ1v) is 23.3. The van der Waals surface area contributed by atoms with Crippen LogP contribution in [0.2, 0.25) is 5.28 Å². The van der Waals surface area contributed by atoms with E-state index in [4.69, 9.17) is 40.6 Å². The predicted octanol–water partition coefficient (Wildman–Crippen LogP) is 8.77. The van der Waals surface area contributed by atoms with Gasteiger partial charge in [0.05, 0.1) is 52.9 Å². The number of aryl methyl sites for hydroxylation is 1. The highest BCUT2D eigenvalue weighted by molar-refractivity contribution is 6.28. The van der Waals surface area contributed by atoms with Gasteiger partial charge in [0.15, 0.2) is 0 Å². The average Bonchev–Trinajstić information content (AvgIpc) is 3.40. The lowest BCUT2D eigenvalue weighted by atomic mass is 10.0. The van der Waals surface area contributed by atoms with Crippen LogP contribution in [-0.4, -0.2) is 108 Å². The number of carbonyl (C=O) groups excluding carboxylic acids is 2. The molecular weight excluding hydrogens is 936 g/mol. The van der Waals surface area contributed by atoms with Gasteiger partial charge in [-0.05, 0) is 103 Å². The summed E-state index contributed by atoms with van der Waals surface area (Å²) in [4.78, 5) is 45.3. The molecule has 15 nitrogen and oxygen atoms in total. The Morgan fingerprint density at radius 1 is 0.690 bits per heavy atom. The Kier molecular flexibility index (Phi) is 20.5. The number of nitrogens with zero attached hydrogens (tertiary/aromatic N) is 6. The molecule has 0 spiro atoms. The molecule has 372 valence electrons. The zero-order valence-electron chi connectivity index (χ0n) is 39.7. The zero-order chi connectivity index (χ0) is 50.5. The molecule has 0 saturated carbocycles. The molecule has 0 unspecified atom stereocenters. The first-order chi connectivity index (χ1) is 34.5. The van der Waals surface area contributed by atoms with Gasteiger partial charge in [0.2, 0.25) is 11.2 Å². The predicted molar refractivity (Wildman–Crippen MR) is 270 cm³/mol. The molecule has 2 aliphatic rings. The third kappa shape index (κ3) is 15.9. The van der Waals surface area contributed by atoms with Gasteiger partial charge in [0.25, 0.3) is 0 Å². The van der Waals surface area contributed by atoms with E-state index < -0.39 is 18.4 Å². The van der Waals surface area contributed by atoms with Gasteiger partial charge >= 0.3 is 11.9 Å². The molecule has 0 amide bonds. The van der Waals surface area contributed by atoms with Crippen molar-refractivity contribution in [3.05, 3.63) is 154 Å². The minimum absolute atomic E-state index is 0.188. The van der Waals surface area contributed by atoms with Gasteiger partial charge in [-0.3, -0.25) is 0 Å². The third-order valence-electron chi connectivity index (χ3n) is 10.8. The maximum Gasteiger partial charge on any atom is 0.330 e. The Morgan fingerprint density at radius 3 is 1.69 bits per heavy atom. The summed E-state index contributed by atoms with van der Waals surface area (Å²) in [5, 5.41) is 21.3. The molecule has 0 aliphatic carbocycles. The van der Waals surface area contributed by atoms with E-state index in [2.05, 4.69) is 30.1 Å². The number of aromatic nitrogens is 4. The SMILES string of the molecule is CCOC(=O)/C=C/c1cccc(-c2cnc(Cl)nc2N2CCOCC2)c1.CCOC(=O)/C=C/c1cccc(-c2cnc(Nc3ccc(F)c(CO)c3)nc2N2CCOCC2)c1.Cc1ccc(F)c(CO)c1. The number of halogens is 3. The maximum atomic E-state index is 13.8. The molecule has 2 aromatic heterocycles. The molecular formula is C53H56ClF2N7O8. The van der Waals surface area contributed by atoms with Crippen molar-refractivity contribution in [2.24, 2.45) is 0 Å². The molecule has 2 aliphatic heterocycles. The molecule has 4 aromatic carbocycles. The number of aliphatic hydroxyl groups is 2. The van der Waals surface area contributed by atoms with Crippen LogP contribution in [0.5, 0.6) is 0 Å². The number of morpholine rings is 2. The van der Waals surface area contributed by atoms with Gasteiger partial charge in [-0.25, -0.2) is 28.3 Å². The van der Waals surface area contributed by atoms with Crippen LogP contribution in [0, 0.1) is 18.6 Å². The number of aliphatic hydroxyl groups excluding tert-OH is 2. The minimum atomic E-state index is -0.472. The van der Waals surface area contributed by atoms with E-state index in [1.807, 2.05) is 55.5 Å². The Balaban J connectivity index is 0.000000200. The van der Waals surface area contributed by atoms with Crippen LogP contribution in [0.15, 0.2) is 109 Å². The Labute approximate surface area is 416 Å². The monoisotopic (exact) mass is 991 g/mol. The van der Waals surface area contributed by atoms with Crippen molar-refractivity contribution in [3.63, 3.8) is 0 Å². The van der Waals surface area contributed by atoms with Crippen LogP contribution >= 0.6 is 11.6 Å². The number of benzene rings is 4. The molecule has 8 rings (SSSR count). The largest absolute Gasteiger partial charge is 0.463 e. The van der Waals surface area contributed by atoms with Crippen molar-refractivity contribution in [1.29, 1.82) is 0 Å². The average molecular weight is 993 g/mol.